The fourth-order valence-electron chi connectivity index (χ4n) is 2.29. The Labute approximate surface area is 123 Å². The zero-order chi connectivity index (χ0) is 15.5. The molecule has 0 aliphatic heterocycles. The number of nitrogens with two attached hydrogens (primary N) is 1. The number of nitrogens with one attached hydrogen (secondary N) is 1. The van der Waals surface area contributed by atoms with Gasteiger partial charge >= 0.3 is 0 Å². The minimum absolute atomic E-state index is 0.398. The molecule has 0 bridgehead atoms. The van der Waals surface area contributed by atoms with E-state index in [-0.39, 0.29) is 0 Å². The number of primary amides is 1. The first-order valence-electron chi connectivity index (χ1n) is 6.74. The first kappa shape index (κ1) is 15.0. The highest BCUT2D eigenvalue weighted by Crippen LogP contribution is 2.28. The maximum Gasteiger partial charge on any atom is 0.249 e. The van der Waals surface area contributed by atoms with E-state index in [1.54, 1.807) is 0 Å². The Morgan fingerprint density at radius 2 is 2.14 bits per heavy atom. The molecular weight excluding hydrogens is 269 g/mol. The van der Waals surface area contributed by atoms with Crippen molar-refractivity contribution in [1.29, 1.82) is 0 Å². The number of carbonyl (C=O) groups is 1. The lowest BCUT2D eigenvalue weighted by Gasteiger charge is -2.31. The van der Waals surface area contributed by atoms with Gasteiger partial charge in [-0.15, -0.1) is 0 Å². The Kier molecular flexibility index (Phi) is 4.21. The molecular formula is C16H18FN3O. The second kappa shape index (κ2) is 5.91. The SMILES string of the molecule is CCC(Nc1cccc(C)c1)(C(N)=O)c1ccc(F)cn1. The van der Waals surface area contributed by atoms with Gasteiger partial charge in [0.05, 0.1) is 11.9 Å². The van der Waals surface area contributed by atoms with E-state index in [9.17, 15) is 9.18 Å². The van der Waals surface area contributed by atoms with Crippen molar-refractivity contribution in [3.8, 4) is 0 Å². The first-order valence-corrected chi connectivity index (χ1v) is 6.74. The molecule has 3 N–H and O–H groups in total. The summed E-state index contributed by atoms with van der Waals surface area (Å²) in [6, 6.07) is 10.4. The summed E-state index contributed by atoms with van der Waals surface area (Å²) in [5.74, 6) is -1.01. The lowest BCUT2D eigenvalue weighted by atomic mass is 9.90. The Balaban J connectivity index is 2.46. The number of halogens is 1. The number of carbonyl (C=O) groups excluding carboxylic acids is 1. The Bertz CT molecular complexity index is 642. The third kappa shape index (κ3) is 3.02. The highest BCUT2D eigenvalue weighted by atomic mass is 19.1. The number of aromatic nitrogens is 1. The van der Waals surface area contributed by atoms with Gasteiger partial charge in [-0.1, -0.05) is 19.1 Å². The van der Waals surface area contributed by atoms with Crippen LogP contribution in [0.4, 0.5) is 10.1 Å². The molecule has 110 valence electrons. The first-order chi connectivity index (χ1) is 9.98. The molecule has 1 aromatic carbocycles. The van der Waals surface area contributed by atoms with Crippen molar-refractivity contribution in [2.24, 2.45) is 5.73 Å². The molecule has 1 amide bonds. The highest BCUT2D eigenvalue weighted by molar-refractivity contribution is 5.88. The van der Waals surface area contributed by atoms with E-state index in [0.29, 0.717) is 12.1 Å². The predicted molar refractivity (Wildman–Crippen MR) is 80.2 cm³/mol. The highest BCUT2D eigenvalue weighted by Gasteiger charge is 2.38. The van der Waals surface area contributed by atoms with Gasteiger partial charge in [0.2, 0.25) is 5.91 Å². The molecule has 2 aromatic rings. The molecule has 4 nitrogen and oxygen atoms in total. The number of rotatable bonds is 5. The van der Waals surface area contributed by atoms with Gasteiger partial charge in [0.15, 0.2) is 5.54 Å². The van der Waals surface area contributed by atoms with Crippen LogP contribution in [0.5, 0.6) is 0 Å². The molecule has 21 heavy (non-hydrogen) atoms. The van der Waals surface area contributed by atoms with Crippen LogP contribution in [0.15, 0.2) is 42.6 Å². The summed E-state index contributed by atoms with van der Waals surface area (Å²) >= 11 is 0. The summed E-state index contributed by atoms with van der Waals surface area (Å²) in [6.07, 6.45) is 1.48. The molecule has 0 spiro atoms. The number of aryl methyl sites for hydroxylation is 1. The van der Waals surface area contributed by atoms with Gasteiger partial charge < -0.3 is 11.1 Å². The van der Waals surface area contributed by atoms with Crippen LogP contribution in [0.2, 0.25) is 0 Å². The van der Waals surface area contributed by atoms with E-state index < -0.39 is 17.3 Å². The van der Waals surface area contributed by atoms with Crippen molar-refractivity contribution < 1.29 is 9.18 Å². The molecule has 1 atom stereocenters. The molecule has 1 heterocycles. The van der Waals surface area contributed by atoms with Gasteiger partial charge in [0.1, 0.15) is 5.82 Å². The minimum Gasteiger partial charge on any atom is -0.367 e. The quantitative estimate of drug-likeness (QED) is 0.888. The third-order valence-corrected chi connectivity index (χ3v) is 3.49. The van der Waals surface area contributed by atoms with E-state index >= 15 is 0 Å². The Morgan fingerprint density at radius 3 is 2.67 bits per heavy atom. The van der Waals surface area contributed by atoms with Crippen LogP contribution in [0.1, 0.15) is 24.6 Å². The van der Waals surface area contributed by atoms with Crippen LogP contribution >= 0.6 is 0 Å². The Hall–Kier alpha value is -2.43. The Morgan fingerprint density at radius 1 is 1.38 bits per heavy atom. The summed E-state index contributed by atoms with van der Waals surface area (Å²) in [7, 11) is 0. The maximum absolute atomic E-state index is 13.1. The lowest BCUT2D eigenvalue weighted by Crippen LogP contribution is -2.48. The van der Waals surface area contributed by atoms with Crippen molar-refractivity contribution in [2.45, 2.75) is 25.8 Å². The molecule has 0 aliphatic carbocycles. The zero-order valence-electron chi connectivity index (χ0n) is 12.1. The fraction of sp³-hybridized carbons (Fsp3) is 0.250. The second-order valence-electron chi connectivity index (χ2n) is 4.98. The predicted octanol–water partition coefficient (Wildman–Crippen LogP) is 2.73. The van der Waals surface area contributed by atoms with Crippen molar-refractivity contribution in [2.75, 3.05) is 5.32 Å². The van der Waals surface area contributed by atoms with E-state index in [1.807, 2.05) is 38.1 Å². The number of amides is 1. The van der Waals surface area contributed by atoms with Crippen LogP contribution in [0.3, 0.4) is 0 Å². The number of benzene rings is 1. The summed E-state index contributed by atoms with van der Waals surface area (Å²) in [6.45, 7) is 3.79. The topological polar surface area (TPSA) is 68.0 Å². The average Bonchev–Trinajstić information content (AvgIpc) is 2.45. The normalized spacial score (nSPS) is 13.5. The summed E-state index contributed by atoms with van der Waals surface area (Å²) < 4.78 is 13.1. The number of anilines is 1. The van der Waals surface area contributed by atoms with Crippen LogP contribution < -0.4 is 11.1 Å². The number of hydrogen-bond acceptors (Lipinski definition) is 3. The molecule has 5 heteroatoms. The second-order valence-corrected chi connectivity index (χ2v) is 4.98. The summed E-state index contributed by atoms with van der Waals surface area (Å²) in [5.41, 5.74) is 6.66. The van der Waals surface area contributed by atoms with Crippen molar-refractivity contribution in [3.05, 3.63) is 59.7 Å². The van der Waals surface area contributed by atoms with Crippen LogP contribution in [-0.2, 0) is 10.3 Å². The molecule has 0 radical (unpaired) electrons. The maximum atomic E-state index is 13.1. The van der Waals surface area contributed by atoms with Gasteiger partial charge in [-0.25, -0.2) is 4.39 Å². The van der Waals surface area contributed by atoms with E-state index in [1.165, 1.54) is 12.1 Å². The monoisotopic (exact) mass is 287 g/mol. The summed E-state index contributed by atoms with van der Waals surface area (Å²) in [4.78, 5) is 16.1. The van der Waals surface area contributed by atoms with Gasteiger partial charge in [0.25, 0.3) is 0 Å². The molecule has 1 unspecified atom stereocenters. The van der Waals surface area contributed by atoms with Crippen LogP contribution in [-0.4, -0.2) is 10.9 Å². The zero-order valence-corrected chi connectivity index (χ0v) is 12.1. The van der Waals surface area contributed by atoms with E-state index in [2.05, 4.69) is 10.3 Å². The van der Waals surface area contributed by atoms with Crippen LogP contribution in [0, 0.1) is 12.7 Å². The molecule has 0 fully saturated rings. The summed E-state index contributed by atoms with van der Waals surface area (Å²) in [5, 5.41) is 3.16. The van der Waals surface area contributed by atoms with E-state index in [4.69, 9.17) is 5.73 Å². The third-order valence-electron chi connectivity index (χ3n) is 3.49. The minimum atomic E-state index is -1.17. The molecule has 0 aliphatic rings. The van der Waals surface area contributed by atoms with Crippen molar-refractivity contribution in [1.82, 2.24) is 4.98 Å². The molecule has 0 saturated heterocycles. The van der Waals surface area contributed by atoms with Gasteiger partial charge in [-0.2, -0.15) is 0 Å². The lowest BCUT2D eigenvalue weighted by molar-refractivity contribution is -0.122. The standard InChI is InChI=1S/C16H18FN3O/c1-3-16(15(18)21,14-8-7-12(17)10-19-14)20-13-6-4-5-11(2)9-13/h4-10,20H,3H2,1-2H3,(H2,18,21). The largest absolute Gasteiger partial charge is 0.367 e. The van der Waals surface area contributed by atoms with Gasteiger partial charge in [0, 0.05) is 5.69 Å². The van der Waals surface area contributed by atoms with Gasteiger partial charge in [-0.3, -0.25) is 9.78 Å². The fourth-order valence-corrected chi connectivity index (χ4v) is 2.29. The average molecular weight is 287 g/mol. The number of pyridine rings is 1. The van der Waals surface area contributed by atoms with Gasteiger partial charge in [-0.05, 0) is 43.2 Å². The van der Waals surface area contributed by atoms with Crippen molar-refractivity contribution >= 4 is 11.6 Å². The van der Waals surface area contributed by atoms with Crippen LogP contribution in [0.25, 0.3) is 0 Å². The number of nitrogens with zero attached hydrogens (tertiary/aromatic N) is 1. The molecule has 0 saturated carbocycles. The number of hydrogen-bond donors (Lipinski definition) is 2. The molecule has 2 rings (SSSR count). The van der Waals surface area contributed by atoms with E-state index in [0.717, 1.165) is 17.4 Å². The smallest absolute Gasteiger partial charge is 0.249 e. The molecule has 1 aromatic heterocycles. The van der Waals surface area contributed by atoms with Crippen molar-refractivity contribution in [3.63, 3.8) is 0 Å².